The molecule has 4 unspecified atom stereocenters. The fraction of sp³-hybridized carbons (Fsp3) is 1.00. The van der Waals surface area contributed by atoms with Gasteiger partial charge in [0.1, 0.15) is 18.3 Å². The van der Waals surface area contributed by atoms with Gasteiger partial charge in [0, 0.05) is 0 Å². The zero-order valence-corrected chi connectivity index (χ0v) is 8.30. The molecule has 4 atom stereocenters. The normalized spacial score (nSPS) is 37.4. The summed E-state index contributed by atoms with van der Waals surface area (Å²) >= 11 is 0. The Morgan fingerprint density at radius 2 is 2.14 bits per heavy atom. The second-order valence-corrected chi connectivity index (χ2v) is 3.35. The standard InChI is InChI=1S/C8H17BO5/c1-9-8-7(13-3-2-10)6(12)5(4-11)14-8/h5-12H,2-4H2,1H3. The lowest BCUT2D eigenvalue weighted by molar-refractivity contribution is -0.0374. The van der Waals surface area contributed by atoms with Gasteiger partial charge in [0.2, 0.25) is 0 Å². The first-order chi connectivity index (χ1) is 6.74. The van der Waals surface area contributed by atoms with Crippen LogP contribution in [0.5, 0.6) is 0 Å². The van der Waals surface area contributed by atoms with Crippen LogP contribution >= 0.6 is 0 Å². The average molecular weight is 204 g/mol. The van der Waals surface area contributed by atoms with Gasteiger partial charge in [-0.1, -0.05) is 6.82 Å². The van der Waals surface area contributed by atoms with Gasteiger partial charge in [0.05, 0.1) is 25.8 Å². The highest BCUT2D eigenvalue weighted by Crippen LogP contribution is 2.23. The Bertz CT molecular complexity index is 166. The molecule has 14 heavy (non-hydrogen) atoms. The molecule has 0 aromatic rings. The Labute approximate surface area is 83.9 Å². The van der Waals surface area contributed by atoms with Gasteiger partial charge in [0.25, 0.3) is 0 Å². The minimum Gasteiger partial charge on any atom is -0.394 e. The molecular formula is C8H17BO5. The molecule has 0 aromatic carbocycles. The van der Waals surface area contributed by atoms with Crippen molar-refractivity contribution in [1.82, 2.24) is 0 Å². The zero-order chi connectivity index (χ0) is 10.6. The van der Waals surface area contributed by atoms with Crippen LogP contribution in [0.3, 0.4) is 0 Å². The topological polar surface area (TPSA) is 79.2 Å². The van der Waals surface area contributed by atoms with Gasteiger partial charge in [-0.3, -0.25) is 0 Å². The Hall–Kier alpha value is -0.135. The lowest BCUT2D eigenvalue weighted by Gasteiger charge is -2.19. The fourth-order valence-electron chi connectivity index (χ4n) is 1.69. The molecule has 0 amide bonds. The Morgan fingerprint density at radius 3 is 2.64 bits per heavy atom. The van der Waals surface area contributed by atoms with Crippen LogP contribution in [0.1, 0.15) is 0 Å². The first-order valence-electron chi connectivity index (χ1n) is 4.91. The number of rotatable bonds is 5. The summed E-state index contributed by atoms with van der Waals surface area (Å²) in [7, 11) is 0.712. The van der Waals surface area contributed by atoms with Crippen molar-refractivity contribution in [2.75, 3.05) is 19.8 Å². The average Bonchev–Trinajstić information content (AvgIpc) is 2.52. The van der Waals surface area contributed by atoms with Crippen molar-refractivity contribution >= 4 is 7.28 Å². The molecule has 0 aromatic heterocycles. The molecule has 0 aliphatic carbocycles. The molecule has 3 N–H and O–H groups in total. The minimum atomic E-state index is -0.809. The van der Waals surface area contributed by atoms with Crippen molar-refractivity contribution in [2.24, 2.45) is 0 Å². The number of aliphatic hydroxyl groups excluding tert-OH is 3. The second kappa shape index (κ2) is 5.67. The largest absolute Gasteiger partial charge is 0.394 e. The van der Waals surface area contributed by atoms with Crippen LogP contribution in [0.25, 0.3) is 0 Å². The van der Waals surface area contributed by atoms with E-state index in [1.54, 1.807) is 0 Å². The molecule has 0 radical (unpaired) electrons. The van der Waals surface area contributed by atoms with Gasteiger partial charge in [-0.2, -0.15) is 0 Å². The Balaban J connectivity index is 2.51. The summed E-state index contributed by atoms with van der Waals surface area (Å²) in [6.07, 6.45) is -1.82. The van der Waals surface area contributed by atoms with Crippen LogP contribution in [-0.4, -0.2) is 66.7 Å². The number of hydrogen-bond acceptors (Lipinski definition) is 5. The van der Waals surface area contributed by atoms with Crippen molar-refractivity contribution < 1.29 is 24.8 Å². The van der Waals surface area contributed by atoms with Crippen LogP contribution in [0.15, 0.2) is 0 Å². The van der Waals surface area contributed by atoms with Crippen LogP contribution in [0, 0.1) is 0 Å². The summed E-state index contributed by atoms with van der Waals surface area (Å²) in [6, 6.07) is -0.200. The first kappa shape index (κ1) is 11.9. The molecule has 1 aliphatic rings. The molecule has 6 heteroatoms. The van der Waals surface area contributed by atoms with E-state index in [9.17, 15) is 5.11 Å². The van der Waals surface area contributed by atoms with E-state index in [0.29, 0.717) is 7.28 Å². The minimum absolute atomic E-state index is 0.0799. The zero-order valence-electron chi connectivity index (χ0n) is 8.30. The summed E-state index contributed by atoms with van der Waals surface area (Å²) in [6.45, 7) is 1.81. The van der Waals surface area contributed by atoms with E-state index in [1.165, 1.54) is 0 Å². The van der Waals surface area contributed by atoms with Crippen LogP contribution in [0.4, 0.5) is 0 Å². The predicted octanol–water partition coefficient (Wildman–Crippen LogP) is -2.07. The first-order valence-corrected chi connectivity index (χ1v) is 4.91. The van der Waals surface area contributed by atoms with Gasteiger partial charge in [-0.25, -0.2) is 0 Å². The molecule has 5 nitrogen and oxygen atoms in total. The fourth-order valence-corrected chi connectivity index (χ4v) is 1.69. The van der Waals surface area contributed by atoms with E-state index in [1.807, 2.05) is 6.82 Å². The predicted molar refractivity (Wildman–Crippen MR) is 51.6 cm³/mol. The van der Waals surface area contributed by atoms with Crippen molar-refractivity contribution in [3.8, 4) is 0 Å². The molecule has 1 heterocycles. The molecular weight excluding hydrogens is 187 g/mol. The maximum Gasteiger partial charge on any atom is 0.158 e. The third kappa shape index (κ3) is 2.46. The molecule has 1 rings (SSSR count). The van der Waals surface area contributed by atoms with E-state index < -0.39 is 18.3 Å². The highest BCUT2D eigenvalue weighted by atomic mass is 16.6. The summed E-state index contributed by atoms with van der Waals surface area (Å²) in [5.41, 5.74) is 0. The smallest absolute Gasteiger partial charge is 0.158 e. The third-order valence-electron chi connectivity index (χ3n) is 2.42. The lowest BCUT2D eigenvalue weighted by atomic mass is 9.72. The lowest BCUT2D eigenvalue weighted by Crippen LogP contribution is -2.38. The van der Waals surface area contributed by atoms with Gasteiger partial charge in [-0.05, 0) is 0 Å². The van der Waals surface area contributed by atoms with Gasteiger partial charge < -0.3 is 24.8 Å². The van der Waals surface area contributed by atoms with Crippen LogP contribution < -0.4 is 0 Å². The van der Waals surface area contributed by atoms with Gasteiger partial charge >= 0.3 is 0 Å². The van der Waals surface area contributed by atoms with Crippen LogP contribution in [-0.2, 0) is 9.47 Å². The quantitative estimate of drug-likeness (QED) is 0.448. The van der Waals surface area contributed by atoms with E-state index in [-0.39, 0.29) is 25.8 Å². The van der Waals surface area contributed by atoms with E-state index in [2.05, 4.69) is 0 Å². The highest BCUT2D eigenvalue weighted by Gasteiger charge is 2.42. The molecule has 1 aliphatic heterocycles. The van der Waals surface area contributed by atoms with Crippen LogP contribution in [0.2, 0.25) is 6.82 Å². The highest BCUT2D eigenvalue weighted by molar-refractivity contribution is 6.35. The van der Waals surface area contributed by atoms with Crippen molar-refractivity contribution in [2.45, 2.75) is 31.1 Å². The number of hydrogen-bond donors (Lipinski definition) is 3. The van der Waals surface area contributed by atoms with E-state index >= 15 is 0 Å². The maximum absolute atomic E-state index is 9.69. The van der Waals surface area contributed by atoms with Crippen molar-refractivity contribution in [3.05, 3.63) is 0 Å². The third-order valence-corrected chi connectivity index (χ3v) is 2.42. The van der Waals surface area contributed by atoms with Gasteiger partial charge in [-0.15, -0.1) is 0 Å². The summed E-state index contributed by atoms with van der Waals surface area (Å²) in [5, 5.41) is 27.2. The van der Waals surface area contributed by atoms with Crippen molar-refractivity contribution in [3.63, 3.8) is 0 Å². The second-order valence-electron chi connectivity index (χ2n) is 3.35. The number of aliphatic hydroxyl groups is 3. The molecule has 0 spiro atoms. The molecule has 82 valence electrons. The molecule has 0 saturated carbocycles. The summed E-state index contributed by atoms with van der Waals surface area (Å²) in [4.78, 5) is 0. The van der Waals surface area contributed by atoms with Gasteiger partial charge in [0.15, 0.2) is 7.28 Å². The van der Waals surface area contributed by atoms with Crippen molar-refractivity contribution in [1.29, 1.82) is 0 Å². The SMILES string of the molecule is CBC1OC(CO)C(O)C1OCCO. The van der Waals surface area contributed by atoms with E-state index in [4.69, 9.17) is 19.7 Å². The van der Waals surface area contributed by atoms with E-state index in [0.717, 1.165) is 0 Å². The molecule has 1 saturated heterocycles. The Morgan fingerprint density at radius 1 is 1.43 bits per heavy atom. The maximum atomic E-state index is 9.69. The summed E-state index contributed by atoms with van der Waals surface area (Å²) < 4.78 is 10.6. The Kier molecular flexibility index (Phi) is 4.84. The monoisotopic (exact) mass is 204 g/mol. The molecule has 1 fully saturated rings. The molecule has 0 bridgehead atoms. The summed E-state index contributed by atoms with van der Waals surface area (Å²) in [5.74, 6) is 0. The number of ether oxygens (including phenoxy) is 2.